The Kier molecular flexibility index (Phi) is 3.97. The van der Waals surface area contributed by atoms with E-state index < -0.39 is 39.1 Å². The molecule has 0 aromatic heterocycles. The largest absolute Gasteiger partial charge is 0.277 e. The lowest BCUT2D eigenvalue weighted by Crippen LogP contribution is -2.50. The van der Waals surface area contributed by atoms with Crippen molar-refractivity contribution in [2.75, 3.05) is 0 Å². The van der Waals surface area contributed by atoms with Crippen molar-refractivity contribution in [2.24, 2.45) is 0 Å². The summed E-state index contributed by atoms with van der Waals surface area (Å²) in [5.41, 5.74) is -0.686. The number of hydrogen-bond acceptors (Lipinski definition) is 6. The molecule has 0 spiro atoms. The van der Waals surface area contributed by atoms with Crippen LogP contribution in [-0.4, -0.2) is 26.6 Å². The monoisotopic (exact) mass is 341 g/mol. The third-order valence-electron chi connectivity index (χ3n) is 3.92. The quantitative estimate of drug-likeness (QED) is 0.364. The molecule has 0 saturated carbocycles. The maximum Gasteiger partial charge on any atom is 0.277 e. The molecule has 9 nitrogen and oxygen atoms in total. The molecule has 1 heterocycles. The van der Waals surface area contributed by atoms with Crippen LogP contribution < -0.4 is 0 Å². The maximum atomic E-state index is 12.6. The third-order valence-corrected chi connectivity index (χ3v) is 3.92. The molecule has 1 atom stereocenters. The number of non-ortho nitro benzene ring substituents is 2. The molecule has 9 heteroatoms. The molecule has 0 bridgehead atoms. The van der Waals surface area contributed by atoms with Gasteiger partial charge < -0.3 is 0 Å². The Balaban J connectivity index is 1.98. The summed E-state index contributed by atoms with van der Waals surface area (Å²) in [5.74, 6) is -1.23. The van der Waals surface area contributed by atoms with Crippen LogP contribution in [0, 0.1) is 20.2 Å². The van der Waals surface area contributed by atoms with Crippen LogP contribution in [0.4, 0.5) is 11.4 Å². The van der Waals surface area contributed by atoms with Crippen molar-refractivity contribution in [3.05, 3.63) is 79.9 Å². The molecule has 2 amide bonds. The Morgan fingerprint density at radius 1 is 1.00 bits per heavy atom. The topological polar surface area (TPSA) is 124 Å². The predicted molar refractivity (Wildman–Crippen MR) is 84.7 cm³/mol. The van der Waals surface area contributed by atoms with Crippen molar-refractivity contribution >= 4 is 23.2 Å². The van der Waals surface area contributed by atoms with Gasteiger partial charge in [0.2, 0.25) is 5.91 Å². The van der Waals surface area contributed by atoms with E-state index in [9.17, 15) is 29.8 Å². The van der Waals surface area contributed by atoms with Crippen molar-refractivity contribution < 1.29 is 19.4 Å². The minimum absolute atomic E-state index is 0.132. The Bertz CT molecular complexity index is 864. The first-order chi connectivity index (χ1) is 11.9. The number of rotatable bonds is 4. The third kappa shape index (κ3) is 2.94. The standard InChI is InChI=1S/C16H11N3O6/c20-15-9-14(10-4-2-1-3-5-10)17(15)16(21)11-6-12(18(22)23)8-13(7-11)19(24)25/h1-8,14H,9H2/t14-/m0/s1. The highest BCUT2D eigenvalue weighted by molar-refractivity contribution is 6.08. The van der Waals surface area contributed by atoms with Crippen molar-refractivity contribution in [1.29, 1.82) is 0 Å². The fraction of sp³-hybridized carbons (Fsp3) is 0.125. The number of nitro benzene ring substituents is 2. The van der Waals surface area contributed by atoms with E-state index in [-0.39, 0.29) is 12.0 Å². The van der Waals surface area contributed by atoms with Gasteiger partial charge in [-0.3, -0.25) is 34.7 Å². The van der Waals surface area contributed by atoms with E-state index in [1.165, 1.54) is 0 Å². The van der Waals surface area contributed by atoms with E-state index in [4.69, 9.17) is 0 Å². The zero-order valence-electron chi connectivity index (χ0n) is 12.7. The van der Waals surface area contributed by atoms with E-state index in [2.05, 4.69) is 0 Å². The summed E-state index contributed by atoms with van der Waals surface area (Å²) in [6, 6.07) is 11.0. The summed E-state index contributed by atoms with van der Waals surface area (Å²) in [7, 11) is 0. The van der Waals surface area contributed by atoms with Crippen LogP contribution in [0.15, 0.2) is 48.5 Å². The Morgan fingerprint density at radius 2 is 1.56 bits per heavy atom. The van der Waals surface area contributed by atoms with Gasteiger partial charge in [0.25, 0.3) is 17.3 Å². The molecule has 2 aromatic carbocycles. The molecular weight excluding hydrogens is 330 g/mol. The highest BCUT2D eigenvalue weighted by Crippen LogP contribution is 2.36. The smallest absolute Gasteiger partial charge is 0.274 e. The number of nitrogens with zero attached hydrogens (tertiary/aromatic N) is 3. The number of carbonyl (C=O) groups excluding carboxylic acids is 2. The fourth-order valence-corrected chi connectivity index (χ4v) is 2.68. The average Bonchev–Trinajstić information content (AvgIpc) is 2.59. The van der Waals surface area contributed by atoms with Gasteiger partial charge in [-0.25, -0.2) is 0 Å². The van der Waals surface area contributed by atoms with Crippen molar-refractivity contribution in [1.82, 2.24) is 4.90 Å². The molecule has 3 rings (SSSR count). The number of hydrogen-bond donors (Lipinski definition) is 0. The van der Waals surface area contributed by atoms with Gasteiger partial charge in [0.05, 0.1) is 33.9 Å². The van der Waals surface area contributed by atoms with Gasteiger partial charge in [0.15, 0.2) is 0 Å². The van der Waals surface area contributed by atoms with Crippen LogP contribution in [-0.2, 0) is 4.79 Å². The SMILES string of the molecule is O=C1C[C@@H](c2ccccc2)N1C(=O)c1cc([N+](=O)[O-])cc([N+](=O)[O-])c1. The number of β-lactam (4-membered cyclic amide) rings is 1. The van der Waals surface area contributed by atoms with Crippen molar-refractivity contribution in [3.8, 4) is 0 Å². The lowest BCUT2D eigenvalue weighted by Gasteiger charge is -2.38. The van der Waals surface area contributed by atoms with Crippen molar-refractivity contribution in [3.63, 3.8) is 0 Å². The summed E-state index contributed by atoms with van der Waals surface area (Å²) in [5, 5.41) is 21.9. The molecule has 1 aliphatic rings. The van der Waals surface area contributed by atoms with E-state index in [0.29, 0.717) is 0 Å². The summed E-state index contributed by atoms with van der Waals surface area (Å²) >= 11 is 0. The van der Waals surface area contributed by atoms with E-state index in [1.807, 2.05) is 0 Å². The van der Waals surface area contributed by atoms with Crippen LogP contribution in [0.5, 0.6) is 0 Å². The molecular formula is C16H11N3O6. The van der Waals surface area contributed by atoms with Crippen LogP contribution in [0.2, 0.25) is 0 Å². The Labute approximate surface area is 140 Å². The number of nitro groups is 2. The first-order valence-corrected chi connectivity index (χ1v) is 7.23. The normalized spacial score (nSPS) is 16.2. The number of likely N-dealkylation sites (tertiary alicyclic amines) is 1. The fourth-order valence-electron chi connectivity index (χ4n) is 2.68. The number of imide groups is 1. The molecule has 0 radical (unpaired) electrons. The highest BCUT2D eigenvalue weighted by atomic mass is 16.6. The van der Waals surface area contributed by atoms with Gasteiger partial charge in [-0.2, -0.15) is 0 Å². The molecule has 2 aromatic rings. The average molecular weight is 341 g/mol. The number of amides is 2. The van der Waals surface area contributed by atoms with Crippen LogP contribution in [0.25, 0.3) is 0 Å². The molecule has 1 fully saturated rings. The number of carbonyl (C=O) groups is 2. The van der Waals surface area contributed by atoms with Crippen LogP contribution >= 0.6 is 0 Å². The minimum atomic E-state index is -0.823. The van der Waals surface area contributed by atoms with Gasteiger partial charge in [-0.15, -0.1) is 0 Å². The molecule has 0 aliphatic carbocycles. The van der Waals surface area contributed by atoms with E-state index in [1.54, 1.807) is 30.3 Å². The number of benzene rings is 2. The highest BCUT2D eigenvalue weighted by Gasteiger charge is 2.42. The summed E-state index contributed by atoms with van der Waals surface area (Å²) in [4.78, 5) is 45.7. The molecule has 1 aliphatic heterocycles. The van der Waals surface area contributed by atoms with E-state index >= 15 is 0 Å². The van der Waals surface area contributed by atoms with Gasteiger partial charge >= 0.3 is 0 Å². The van der Waals surface area contributed by atoms with Gasteiger partial charge in [-0.1, -0.05) is 30.3 Å². The first kappa shape index (κ1) is 16.2. The Morgan fingerprint density at radius 3 is 2.04 bits per heavy atom. The predicted octanol–water partition coefficient (Wildman–Crippen LogP) is 2.62. The van der Waals surface area contributed by atoms with Crippen LogP contribution in [0.3, 0.4) is 0 Å². The molecule has 0 N–H and O–H groups in total. The molecule has 126 valence electrons. The molecule has 25 heavy (non-hydrogen) atoms. The van der Waals surface area contributed by atoms with Gasteiger partial charge in [0, 0.05) is 12.1 Å². The maximum absolute atomic E-state index is 12.6. The molecule has 0 unspecified atom stereocenters. The summed E-state index contributed by atoms with van der Waals surface area (Å²) in [6.07, 6.45) is 0.132. The lowest BCUT2D eigenvalue weighted by molar-refractivity contribution is -0.394. The minimum Gasteiger partial charge on any atom is -0.274 e. The Hall–Kier alpha value is -3.62. The second kappa shape index (κ2) is 6.11. The first-order valence-electron chi connectivity index (χ1n) is 7.23. The summed E-state index contributed by atoms with van der Waals surface area (Å²) in [6.45, 7) is 0. The van der Waals surface area contributed by atoms with Crippen molar-refractivity contribution in [2.45, 2.75) is 12.5 Å². The second-order valence-corrected chi connectivity index (χ2v) is 5.45. The van der Waals surface area contributed by atoms with Gasteiger partial charge in [-0.05, 0) is 5.56 Å². The second-order valence-electron chi connectivity index (χ2n) is 5.45. The van der Waals surface area contributed by atoms with Gasteiger partial charge in [0.1, 0.15) is 0 Å². The zero-order valence-corrected chi connectivity index (χ0v) is 12.7. The zero-order chi connectivity index (χ0) is 18.1. The van der Waals surface area contributed by atoms with Crippen LogP contribution in [0.1, 0.15) is 28.4 Å². The lowest BCUT2D eigenvalue weighted by atomic mass is 9.93. The molecule has 1 saturated heterocycles. The van der Waals surface area contributed by atoms with E-state index in [0.717, 1.165) is 28.7 Å². The summed E-state index contributed by atoms with van der Waals surface area (Å²) < 4.78 is 0.